The highest BCUT2D eigenvalue weighted by molar-refractivity contribution is 6.30. The Kier molecular flexibility index (Phi) is 4.91. The molecule has 0 aliphatic rings. The van der Waals surface area contributed by atoms with Gasteiger partial charge in [-0.1, -0.05) is 23.7 Å². The van der Waals surface area contributed by atoms with Crippen LogP contribution < -0.4 is 5.32 Å². The fraction of sp³-hybridized carbons (Fsp3) is 0.167. The molecule has 24 heavy (non-hydrogen) atoms. The maximum atomic E-state index is 12.2. The Morgan fingerprint density at radius 3 is 2.58 bits per heavy atom. The lowest BCUT2D eigenvalue weighted by Crippen LogP contribution is -2.13. The van der Waals surface area contributed by atoms with E-state index in [1.165, 1.54) is 0 Å². The van der Waals surface area contributed by atoms with Gasteiger partial charge in [0.2, 0.25) is 5.91 Å². The number of hydrogen-bond acceptors (Lipinski definition) is 3. The Balaban J connectivity index is 1.63. The molecule has 1 N–H and O–H groups in total. The molecule has 5 nitrogen and oxygen atoms in total. The molecule has 0 spiro atoms. The van der Waals surface area contributed by atoms with Crippen LogP contribution >= 0.6 is 11.6 Å². The van der Waals surface area contributed by atoms with E-state index in [1.807, 2.05) is 43.3 Å². The van der Waals surface area contributed by atoms with Gasteiger partial charge in [0.25, 0.3) is 0 Å². The van der Waals surface area contributed by atoms with Crippen molar-refractivity contribution in [2.24, 2.45) is 0 Å². The van der Waals surface area contributed by atoms with Crippen molar-refractivity contribution in [1.29, 1.82) is 0 Å². The van der Waals surface area contributed by atoms with Gasteiger partial charge >= 0.3 is 0 Å². The van der Waals surface area contributed by atoms with Crippen LogP contribution in [-0.2, 0) is 11.2 Å². The number of amides is 1. The average Bonchev–Trinajstić information content (AvgIpc) is 2.96. The summed E-state index contributed by atoms with van der Waals surface area (Å²) in [6.07, 6.45) is 6.15. The van der Waals surface area contributed by atoms with Crippen LogP contribution in [0, 0.1) is 6.92 Å². The zero-order valence-electron chi connectivity index (χ0n) is 13.2. The van der Waals surface area contributed by atoms with Crippen LogP contribution in [0.25, 0.3) is 5.69 Å². The number of anilines is 1. The first kappa shape index (κ1) is 16.2. The Morgan fingerprint density at radius 2 is 1.88 bits per heavy atom. The average molecular weight is 341 g/mol. The summed E-state index contributed by atoms with van der Waals surface area (Å²) in [4.78, 5) is 16.2. The second-order valence-corrected chi connectivity index (χ2v) is 5.87. The number of aromatic nitrogens is 3. The van der Waals surface area contributed by atoms with Crippen LogP contribution in [0.5, 0.6) is 0 Å². The number of pyridine rings is 1. The molecule has 1 amide bonds. The summed E-state index contributed by atoms with van der Waals surface area (Å²) in [6.45, 7) is 1.92. The van der Waals surface area contributed by atoms with Crippen molar-refractivity contribution in [3.05, 3.63) is 71.3 Å². The number of hydrogen-bond donors (Lipinski definition) is 1. The number of nitrogens with zero attached hydrogens (tertiary/aromatic N) is 3. The number of benzene rings is 1. The fourth-order valence-electron chi connectivity index (χ4n) is 2.40. The molecule has 0 aliphatic heterocycles. The molecule has 122 valence electrons. The number of rotatable bonds is 5. The summed E-state index contributed by atoms with van der Waals surface area (Å²) < 4.78 is 1.77. The molecule has 3 rings (SSSR count). The summed E-state index contributed by atoms with van der Waals surface area (Å²) in [5.74, 6) is -0.0395. The third kappa shape index (κ3) is 3.81. The second-order valence-electron chi connectivity index (χ2n) is 5.44. The first-order valence-corrected chi connectivity index (χ1v) is 8.00. The number of carbonyl (C=O) groups excluding carboxylic acids is 1. The van der Waals surface area contributed by atoms with E-state index >= 15 is 0 Å². The van der Waals surface area contributed by atoms with Crippen LogP contribution in [0.3, 0.4) is 0 Å². The van der Waals surface area contributed by atoms with Gasteiger partial charge in [-0.2, -0.15) is 5.10 Å². The number of carbonyl (C=O) groups is 1. The monoisotopic (exact) mass is 340 g/mol. The quantitative estimate of drug-likeness (QED) is 0.768. The van der Waals surface area contributed by atoms with Gasteiger partial charge in [-0.15, -0.1) is 0 Å². The van der Waals surface area contributed by atoms with Crippen molar-refractivity contribution < 1.29 is 4.79 Å². The summed E-state index contributed by atoms with van der Waals surface area (Å²) in [5, 5.41) is 7.94. The van der Waals surface area contributed by atoms with Crippen molar-refractivity contribution in [1.82, 2.24) is 14.8 Å². The molecule has 0 unspecified atom stereocenters. The fourth-order valence-corrected chi connectivity index (χ4v) is 2.53. The van der Waals surface area contributed by atoms with Crippen molar-refractivity contribution >= 4 is 23.2 Å². The summed E-state index contributed by atoms with van der Waals surface area (Å²) in [7, 11) is 0. The van der Waals surface area contributed by atoms with Gasteiger partial charge in [-0.25, -0.2) is 4.68 Å². The van der Waals surface area contributed by atoms with Crippen LogP contribution in [0.2, 0.25) is 5.02 Å². The highest BCUT2D eigenvalue weighted by atomic mass is 35.5. The molecule has 0 saturated heterocycles. The van der Waals surface area contributed by atoms with Crippen LogP contribution in [-0.4, -0.2) is 20.7 Å². The van der Waals surface area contributed by atoms with E-state index in [4.69, 9.17) is 11.6 Å². The molecule has 0 bridgehead atoms. The van der Waals surface area contributed by atoms with E-state index in [0.717, 1.165) is 16.9 Å². The number of aryl methyl sites for hydroxylation is 1. The normalized spacial score (nSPS) is 10.6. The van der Waals surface area contributed by atoms with Gasteiger partial charge in [0.1, 0.15) is 0 Å². The van der Waals surface area contributed by atoms with Gasteiger partial charge in [0, 0.05) is 23.8 Å². The molecular weight excluding hydrogens is 324 g/mol. The zero-order chi connectivity index (χ0) is 16.9. The molecule has 0 atom stereocenters. The van der Waals surface area contributed by atoms with E-state index in [0.29, 0.717) is 23.6 Å². The molecule has 0 radical (unpaired) electrons. The van der Waals surface area contributed by atoms with Gasteiger partial charge in [-0.05, 0) is 43.2 Å². The van der Waals surface area contributed by atoms with Crippen molar-refractivity contribution in [3.8, 4) is 5.69 Å². The Hall–Kier alpha value is -2.66. The molecule has 0 saturated carbocycles. The molecule has 3 aromatic rings. The third-order valence-electron chi connectivity index (χ3n) is 3.75. The topological polar surface area (TPSA) is 59.8 Å². The smallest absolute Gasteiger partial charge is 0.224 e. The highest BCUT2D eigenvalue weighted by Crippen LogP contribution is 2.18. The summed E-state index contributed by atoms with van der Waals surface area (Å²) in [5.41, 5.74) is 3.58. The van der Waals surface area contributed by atoms with E-state index in [-0.39, 0.29) is 5.91 Å². The van der Waals surface area contributed by atoms with E-state index in [9.17, 15) is 4.79 Å². The minimum atomic E-state index is -0.0395. The van der Waals surface area contributed by atoms with Crippen LogP contribution in [0.4, 0.5) is 5.69 Å². The molecule has 0 aliphatic carbocycles. The number of halogens is 1. The van der Waals surface area contributed by atoms with E-state index < -0.39 is 0 Å². The lowest BCUT2D eigenvalue weighted by Gasteiger charge is -2.07. The minimum absolute atomic E-state index is 0.0395. The Morgan fingerprint density at radius 1 is 1.17 bits per heavy atom. The van der Waals surface area contributed by atoms with Crippen LogP contribution in [0.1, 0.15) is 17.7 Å². The van der Waals surface area contributed by atoms with E-state index in [2.05, 4.69) is 15.4 Å². The maximum absolute atomic E-state index is 12.2. The Labute approximate surface area is 145 Å². The first-order chi connectivity index (χ1) is 11.6. The van der Waals surface area contributed by atoms with Crippen molar-refractivity contribution in [2.75, 3.05) is 5.32 Å². The van der Waals surface area contributed by atoms with Crippen molar-refractivity contribution in [3.63, 3.8) is 0 Å². The summed E-state index contributed by atoms with van der Waals surface area (Å²) in [6, 6.07) is 11.3. The molecule has 6 heteroatoms. The predicted molar refractivity (Wildman–Crippen MR) is 94.5 cm³/mol. The zero-order valence-corrected chi connectivity index (χ0v) is 14.0. The maximum Gasteiger partial charge on any atom is 0.224 e. The third-order valence-corrected chi connectivity index (χ3v) is 4.00. The molecule has 2 aromatic heterocycles. The van der Waals surface area contributed by atoms with Gasteiger partial charge < -0.3 is 5.32 Å². The molecule has 1 aromatic carbocycles. The van der Waals surface area contributed by atoms with Crippen molar-refractivity contribution in [2.45, 2.75) is 19.8 Å². The van der Waals surface area contributed by atoms with Crippen LogP contribution in [0.15, 0.2) is 55.0 Å². The standard InChI is InChI=1S/C18H17ClN4O/c1-13-17(12-21-23(13)16-8-10-20-11-9-16)22-18(24)7-4-14-2-5-15(19)6-3-14/h2-3,5-6,8-12H,4,7H2,1H3,(H,22,24). The minimum Gasteiger partial charge on any atom is -0.323 e. The van der Waals surface area contributed by atoms with Gasteiger partial charge in [-0.3, -0.25) is 9.78 Å². The molecule has 2 heterocycles. The molecule has 0 fully saturated rings. The SMILES string of the molecule is Cc1c(NC(=O)CCc2ccc(Cl)cc2)cnn1-c1ccncc1. The lowest BCUT2D eigenvalue weighted by molar-refractivity contribution is -0.116. The van der Waals surface area contributed by atoms with E-state index in [1.54, 1.807) is 23.3 Å². The van der Waals surface area contributed by atoms with Gasteiger partial charge in [0.15, 0.2) is 0 Å². The lowest BCUT2D eigenvalue weighted by atomic mass is 10.1. The molecular formula is C18H17ClN4O. The predicted octanol–water partition coefficient (Wildman–Crippen LogP) is 3.80. The largest absolute Gasteiger partial charge is 0.323 e. The van der Waals surface area contributed by atoms with Gasteiger partial charge in [0.05, 0.1) is 23.3 Å². The number of nitrogens with one attached hydrogen (secondary N) is 1. The second kappa shape index (κ2) is 7.27. The highest BCUT2D eigenvalue weighted by Gasteiger charge is 2.11. The Bertz CT molecular complexity index is 828. The summed E-state index contributed by atoms with van der Waals surface area (Å²) >= 11 is 5.86. The first-order valence-electron chi connectivity index (χ1n) is 7.63.